The van der Waals surface area contributed by atoms with Gasteiger partial charge in [-0.25, -0.2) is 15.0 Å². The molecule has 1 aromatic carbocycles. The van der Waals surface area contributed by atoms with Crippen molar-refractivity contribution in [1.82, 2.24) is 29.5 Å². The van der Waals surface area contributed by atoms with Gasteiger partial charge in [0.15, 0.2) is 17.0 Å². The van der Waals surface area contributed by atoms with Crippen LogP contribution in [0.3, 0.4) is 0 Å². The summed E-state index contributed by atoms with van der Waals surface area (Å²) in [6.45, 7) is 3.36. The summed E-state index contributed by atoms with van der Waals surface area (Å²) in [6, 6.07) is 10.6. The second kappa shape index (κ2) is 9.83. The molecule has 10 heteroatoms. The highest BCUT2D eigenvalue weighted by atomic mass is 16.5. The Morgan fingerprint density at radius 3 is 2.37 bits per heavy atom. The minimum absolute atomic E-state index is 0.408. The second-order valence-corrected chi connectivity index (χ2v) is 8.98. The van der Waals surface area contributed by atoms with Crippen LogP contribution in [0, 0.1) is 0 Å². The molecule has 2 N–H and O–H groups in total. The van der Waals surface area contributed by atoms with Crippen LogP contribution < -0.4 is 15.5 Å². The monoisotopic (exact) mass is 471 g/mol. The molecule has 2 aliphatic rings. The molecule has 10 nitrogen and oxygen atoms in total. The highest BCUT2D eigenvalue weighted by molar-refractivity contribution is 5.87. The Kier molecular flexibility index (Phi) is 6.10. The molecule has 2 fully saturated rings. The molecule has 1 aliphatic heterocycles. The number of ether oxygens (including phenoxy) is 1. The molecule has 180 valence electrons. The van der Waals surface area contributed by atoms with Gasteiger partial charge in [-0.1, -0.05) is 19.3 Å². The molecular formula is C25H29N9O. The van der Waals surface area contributed by atoms with E-state index in [-0.39, 0.29) is 0 Å². The lowest BCUT2D eigenvalue weighted by atomic mass is 9.95. The van der Waals surface area contributed by atoms with Crippen molar-refractivity contribution >= 4 is 40.3 Å². The van der Waals surface area contributed by atoms with Gasteiger partial charge in [-0.15, -0.1) is 0 Å². The van der Waals surface area contributed by atoms with E-state index in [9.17, 15) is 0 Å². The van der Waals surface area contributed by atoms with Gasteiger partial charge in [-0.05, 0) is 43.2 Å². The van der Waals surface area contributed by atoms with Crippen molar-refractivity contribution in [2.75, 3.05) is 41.8 Å². The maximum Gasteiger partial charge on any atom is 0.233 e. The zero-order valence-corrected chi connectivity index (χ0v) is 19.6. The number of nitrogens with zero attached hydrogens (tertiary/aromatic N) is 7. The SMILES string of the molecule is c1cnc(Nc2nc(Nc3ccc(N4CCOCC4)cc3)c3ncn(C4CCCCC4)c3n2)nc1. The van der Waals surface area contributed by atoms with Crippen molar-refractivity contribution < 1.29 is 4.74 Å². The van der Waals surface area contributed by atoms with Crippen molar-refractivity contribution in [3.8, 4) is 0 Å². The number of benzene rings is 1. The fourth-order valence-corrected chi connectivity index (χ4v) is 4.86. The standard InChI is InChI=1S/C25H29N9O/c1-2-5-20(6-3-1)34-17-28-21-22(30-25(31-23(21)34)32-24-26-11-4-12-27-24)29-18-7-9-19(10-8-18)33-13-15-35-16-14-33/h4,7-12,17,20H,1-3,5-6,13-16H2,(H2,26,27,29,30,31,32). The maximum absolute atomic E-state index is 5.47. The lowest BCUT2D eigenvalue weighted by Crippen LogP contribution is -2.36. The Hall–Kier alpha value is -3.79. The van der Waals surface area contributed by atoms with Crippen LogP contribution in [-0.4, -0.2) is 55.8 Å². The third-order valence-corrected chi connectivity index (χ3v) is 6.69. The lowest BCUT2D eigenvalue weighted by Gasteiger charge is -2.28. The van der Waals surface area contributed by atoms with Gasteiger partial charge in [-0.3, -0.25) is 5.32 Å². The van der Waals surface area contributed by atoms with Crippen molar-refractivity contribution in [3.05, 3.63) is 49.1 Å². The molecule has 35 heavy (non-hydrogen) atoms. The number of nitrogens with one attached hydrogen (secondary N) is 2. The van der Waals surface area contributed by atoms with Crippen LogP contribution in [0.25, 0.3) is 11.2 Å². The Bertz CT molecular complexity index is 1260. The molecule has 3 aromatic heterocycles. The average molecular weight is 472 g/mol. The number of anilines is 5. The van der Waals surface area contributed by atoms with E-state index >= 15 is 0 Å². The van der Waals surface area contributed by atoms with Crippen LogP contribution in [0.5, 0.6) is 0 Å². The van der Waals surface area contributed by atoms with Crippen LogP contribution in [0.15, 0.2) is 49.1 Å². The lowest BCUT2D eigenvalue weighted by molar-refractivity contribution is 0.122. The van der Waals surface area contributed by atoms with E-state index in [0.29, 0.717) is 23.8 Å². The van der Waals surface area contributed by atoms with Gasteiger partial charge < -0.3 is 19.5 Å². The van der Waals surface area contributed by atoms with Crippen molar-refractivity contribution in [2.24, 2.45) is 0 Å². The second-order valence-electron chi connectivity index (χ2n) is 8.98. The number of aromatic nitrogens is 6. The van der Waals surface area contributed by atoms with Crippen LogP contribution in [0.1, 0.15) is 38.1 Å². The predicted octanol–water partition coefficient (Wildman–Crippen LogP) is 4.45. The minimum Gasteiger partial charge on any atom is -0.378 e. The molecule has 0 unspecified atom stereocenters. The zero-order valence-electron chi connectivity index (χ0n) is 19.6. The number of rotatable bonds is 6. The van der Waals surface area contributed by atoms with E-state index in [1.54, 1.807) is 18.5 Å². The fraction of sp³-hybridized carbons (Fsp3) is 0.400. The van der Waals surface area contributed by atoms with Gasteiger partial charge in [0.25, 0.3) is 0 Å². The van der Waals surface area contributed by atoms with Crippen molar-refractivity contribution in [1.29, 1.82) is 0 Å². The summed E-state index contributed by atoms with van der Waals surface area (Å²) >= 11 is 0. The predicted molar refractivity (Wildman–Crippen MR) is 136 cm³/mol. The Morgan fingerprint density at radius 1 is 0.829 bits per heavy atom. The zero-order chi connectivity index (χ0) is 23.5. The molecule has 1 aliphatic carbocycles. The molecule has 0 spiro atoms. The van der Waals surface area contributed by atoms with E-state index < -0.39 is 0 Å². The molecule has 0 atom stereocenters. The number of hydrogen-bond acceptors (Lipinski definition) is 9. The van der Waals surface area contributed by atoms with Gasteiger partial charge in [0.1, 0.15) is 0 Å². The van der Waals surface area contributed by atoms with Crippen molar-refractivity contribution in [3.63, 3.8) is 0 Å². The van der Waals surface area contributed by atoms with Crippen LogP contribution in [0.4, 0.5) is 29.1 Å². The number of fused-ring (bicyclic) bond motifs is 1. The highest BCUT2D eigenvalue weighted by Crippen LogP contribution is 2.33. The summed E-state index contributed by atoms with van der Waals surface area (Å²) in [6.07, 6.45) is 11.3. The van der Waals surface area contributed by atoms with Crippen LogP contribution in [0.2, 0.25) is 0 Å². The first kappa shape index (κ1) is 21.7. The normalized spacial score (nSPS) is 17.0. The topological polar surface area (TPSA) is 106 Å². The highest BCUT2D eigenvalue weighted by Gasteiger charge is 2.21. The summed E-state index contributed by atoms with van der Waals surface area (Å²) in [5.41, 5.74) is 3.71. The van der Waals surface area contributed by atoms with E-state index in [2.05, 4.69) is 54.3 Å². The molecule has 0 radical (unpaired) electrons. The van der Waals surface area contributed by atoms with Gasteiger partial charge in [0, 0.05) is 42.9 Å². The van der Waals surface area contributed by atoms with Crippen molar-refractivity contribution in [2.45, 2.75) is 38.1 Å². The van der Waals surface area contributed by atoms with Crippen LogP contribution in [-0.2, 0) is 4.74 Å². The number of imidazole rings is 1. The van der Waals surface area contributed by atoms with Gasteiger partial charge in [0.05, 0.1) is 19.5 Å². The number of hydrogen-bond donors (Lipinski definition) is 2. The summed E-state index contributed by atoms with van der Waals surface area (Å²) in [5.74, 6) is 1.55. The molecule has 1 saturated heterocycles. The van der Waals surface area contributed by atoms with Gasteiger partial charge in [0.2, 0.25) is 11.9 Å². The van der Waals surface area contributed by atoms with Crippen LogP contribution >= 0.6 is 0 Å². The van der Waals surface area contributed by atoms with Gasteiger partial charge >= 0.3 is 0 Å². The van der Waals surface area contributed by atoms with Gasteiger partial charge in [-0.2, -0.15) is 9.97 Å². The molecule has 0 amide bonds. The summed E-state index contributed by atoms with van der Waals surface area (Å²) < 4.78 is 7.68. The summed E-state index contributed by atoms with van der Waals surface area (Å²) in [5, 5.41) is 6.62. The minimum atomic E-state index is 0.408. The van der Waals surface area contributed by atoms with E-state index in [4.69, 9.17) is 19.7 Å². The molecule has 4 aromatic rings. The summed E-state index contributed by atoms with van der Waals surface area (Å²) in [7, 11) is 0. The molecule has 4 heterocycles. The molecular weight excluding hydrogens is 442 g/mol. The number of morpholine rings is 1. The van der Waals surface area contributed by atoms with E-state index in [0.717, 1.165) is 56.0 Å². The molecule has 6 rings (SSSR count). The quantitative estimate of drug-likeness (QED) is 0.422. The molecule has 1 saturated carbocycles. The smallest absolute Gasteiger partial charge is 0.233 e. The maximum atomic E-state index is 5.47. The molecule has 0 bridgehead atoms. The Morgan fingerprint density at radius 2 is 1.60 bits per heavy atom. The first-order valence-corrected chi connectivity index (χ1v) is 12.3. The third kappa shape index (κ3) is 4.74. The third-order valence-electron chi connectivity index (χ3n) is 6.69. The Balaban J connectivity index is 1.33. The average Bonchev–Trinajstić information content (AvgIpc) is 3.35. The van der Waals surface area contributed by atoms with E-state index in [1.165, 1.54) is 24.9 Å². The summed E-state index contributed by atoms with van der Waals surface area (Å²) in [4.78, 5) is 25.2. The first-order valence-electron chi connectivity index (χ1n) is 12.3. The Labute approximate surface area is 203 Å². The first-order chi connectivity index (χ1) is 17.3. The van der Waals surface area contributed by atoms with E-state index in [1.807, 2.05) is 6.33 Å². The largest absolute Gasteiger partial charge is 0.378 e. The fourth-order valence-electron chi connectivity index (χ4n) is 4.86.